The zero-order chi connectivity index (χ0) is 11.1. The first-order chi connectivity index (χ1) is 7.02. The van der Waals surface area contributed by atoms with Crippen LogP contribution in [0.15, 0.2) is 18.2 Å². The molecule has 0 N–H and O–H groups in total. The van der Waals surface area contributed by atoms with Crippen molar-refractivity contribution in [3.63, 3.8) is 0 Å². The first kappa shape index (κ1) is 10.3. The molecule has 0 amide bonds. The van der Waals surface area contributed by atoms with Crippen LogP contribution in [0, 0.1) is 16.7 Å². The van der Waals surface area contributed by atoms with Crippen molar-refractivity contribution < 1.29 is 0 Å². The first-order valence-electron chi connectivity index (χ1n) is 4.96. The lowest BCUT2D eigenvalue weighted by molar-refractivity contribution is 0.276. The lowest BCUT2D eigenvalue weighted by atomic mass is 9.84. The highest BCUT2D eigenvalue weighted by Crippen LogP contribution is 2.37. The summed E-state index contributed by atoms with van der Waals surface area (Å²) in [6.07, 6.45) is 0. The van der Waals surface area contributed by atoms with Crippen LogP contribution in [0.2, 0.25) is 5.02 Å². The molecule has 1 heterocycles. The zero-order valence-electron chi connectivity index (χ0n) is 8.92. The van der Waals surface area contributed by atoms with E-state index in [4.69, 9.17) is 16.9 Å². The van der Waals surface area contributed by atoms with E-state index in [-0.39, 0.29) is 0 Å². The summed E-state index contributed by atoms with van der Waals surface area (Å²) >= 11 is 6.12. The monoisotopic (exact) mass is 220 g/mol. The van der Waals surface area contributed by atoms with Gasteiger partial charge in [-0.1, -0.05) is 25.4 Å². The van der Waals surface area contributed by atoms with Gasteiger partial charge in [0.05, 0.1) is 22.3 Å². The van der Waals surface area contributed by atoms with Gasteiger partial charge in [-0.25, -0.2) is 0 Å². The highest BCUT2D eigenvalue weighted by molar-refractivity contribution is 6.33. The van der Waals surface area contributed by atoms with Crippen molar-refractivity contribution in [3.05, 3.63) is 28.8 Å². The Morgan fingerprint density at radius 2 is 2.07 bits per heavy atom. The van der Waals surface area contributed by atoms with E-state index in [9.17, 15) is 0 Å². The van der Waals surface area contributed by atoms with E-state index in [0.29, 0.717) is 16.0 Å². The van der Waals surface area contributed by atoms with E-state index >= 15 is 0 Å². The molecule has 0 spiro atoms. The Kier molecular flexibility index (Phi) is 2.36. The van der Waals surface area contributed by atoms with Crippen LogP contribution in [0.5, 0.6) is 0 Å². The quantitative estimate of drug-likeness (QED) is 0.728. The normalized spacial score (nSPS) is 18.1. The Bertz CT molecular complexity index is 424. The van der Waals surface area contributed by atoms with Gasteiger partial charge in [0.2, 0.25) is 0 Å². The molecule has 2 rings (SSSR count). The number of rotatable bonds is 1. The van der Waals surface area contributed by atoms with E-state index in [2.05, 4.69) is 24.8 Å². The van der Waals surface area contributed by atoms with Crippen molar-refractivity contribution in [2.45, 2.75) is 13.8 Å². The smallest absolute Gasteiger partial charge is 0.0992 e. The topological polar surface area (TPSA) is 27.0 Å². The van der Waals surface area contributed by atoms with Gasteiger partial charge >= 0.3 is 0 Å². The molecule has 0 atom stereocenters. The molecule has 78 valence electrons. The van der Waals surface area contributed by atoms with Gasteiger partial charge in [0, 0.05) is 13.1 Å². The standard InChI is InChI=1S/C12H13ClN2/c1-12(2)7-15(8-12)11-4-3-9(6-14)5-10(11)13/h3-5H,7-8H2,1-2H3. The van der Waals surface area contributed by atoms with Crippen molar-refractivity contribution in [1.29, 1.82) is 5.26 Å². The maximum absolute atomic E-state index is 8.72. The summed E-state index contributed by atoms with van der Waals surface area (Å²) in [6, 6.07) is 7.55. The molecule has 1 aromatic carbocycles. The number of nitrogens with zero attached hydrogens (tertiary/aromatic N) is 2. The molecule has 0 radical (unpaired) electrons. The lowest BCUT2D eigenvalue weighted by Crippen LogP contribution is -2.53. The second-order valence-electron chi connectivity index (χ2n) is 4.80. The van der Waals surface area contributed by atoms with E-state index < -0.39 is 0 Å². The number of hydrogen-bond donors (Lipinski definition) is 0. The second-order valence-corrected chi connectivity index (χ2v) is 5.21. The molecule has 1 aliphatic heterocycles. The maximum atomic E-state index is 8.72. The van der Waals surface area contributed by atoms with E-state index in [0.717, 1.165) is 18.8 Å². The largest absolute Gasteiger partial charge is 0.369 e. The van der Waals surface area contributed by atoms with Crippen molar-refractivity contribution in [2.24, 2.45) is 5.41 Å². The zero-order valence-corrected chi connectivity index (χ0v) is 9.67. The van der Waals surface area contributed by atoms with E-state index in [1.807, 2.05) is 12.1 Å². The van der Waals surface area contributed by atoms with Gasteiger partial charge in [0.25, 0.3) is 0 Å². The second kappa shape index (κ2) is 3.43. The molecule has 3 heteroatoms. The third kappa shape index (κ3) is 1.93. The molecular formula is C12H13ClN2. The number of nitriles is 1. The van der Waals surface area contributed by atoms with Crippen LogP contribution in [0.4, 0.5) is 5.69 Å². The van der Waals surface area contributed by atoms with E-state index in [1.165, 1.54) is 0 Å². The van der Waals surface area contributed by atoms with Crippen LogP contribution >= 0.6 is 11.6 Å². The SMILES string of the molecule is CC1(C)CN(c2ccc(C#N)cc2Cl)C1. The lowest BCUT2D eigenvalue weighted by Gasteiger charge is -2.47. The van der Waals surface area contributed by atoms with Gasteiger partial charge in [0.1, 0.15) is 0 Å². The minimum atomic E-state index is 0.386. The van der Waals surface area contributed by atoms with E-state index in [1.54, 1.807) is 6.07 Å². The molecule has 0 aromatic heterocycles. The van der Waals surface area contributed by atoms with Crippen LogP contribution in [0.3, 0.4) is 0 Å². The van der Waals surface area contributed by atoms with Crippen LogP contribution in [-0.2, 0) is 0 Å². The summed E-state index contributed by atoms with van der Waals surface area (Å²) in [5.74, 6) is 0. The van der Waals surface area contributed by atoms with Gasteiger partial charge < -0.3 is 4.90 Å². The molecule has 2 nitrogen and oxygen atoms in total. The van der Waals surface area contributed by atoms with Gasteiger partial charge in [0.15, 0.2) is 0 Å². The van der Waals surface area contributed by atoms with Crippen LogP contribution in [-0.4, -0.2) is 13.1 Å². The number of hydrogen-bond acceptors (Lipinski definition) is 2. The van der Waals surface area contributed by atoms with Crippen LogP contribution in [0.25, 0.3) is 0 Å². The Balaban J connectivity index is 2.21. The summed E-state index contributed by atoms with van der Waals surface area (Å²) in [5, 5.41) is 9.39. The fraction of sp³-hybridized carbons (Fsp3) is 0.417. The molecule has 1 fully saturated rings. The van der Waals surface area contributed by atoms with Crippen molar-refractivity contribution >= 4 is 17.3 Å². The molecule has 1 saturated heterocycles. The third-order valence-electron chi connectivity index (χ3n) is 2.66. The summed E-state index contributed by atoms with van der Waals surface area (Å²) in [5.41, 5.74) is 2.04. The van der Waals surface area contributed by atoms with Gasteiger partial charge in [-0.3, -0.25) is 0 Å². The summed E-state index contributed by atoms with van der Waals surface area (Å²) in [4.78, 5) is 2.24. The number of benzene rings is 1. The molecule has 1 aromatic rings. The van der Waals surface area contributed by atoms with Crippen molar-refractivity contribution in [1.82, 2.24) is 0 Å². The molecule has 0 unspecified atom stereocenters. The Morgan fingerprint density at radius 1 is 1.40 bits per heavy atom. The predicted molar refractivity (Wildman–Crippen MR) is 62.2 cm³/mol. The van der Waals surface area contributed by atoms with Gasteiger partial charge in [-0.15, -0.1) is 0 Å². The van der Waals surface area contributed by atoms with Crippen LogP contribution < -0.4 is 4.90 Å². The fourth-order valence-corrected chi connectivity index (χ4v) is 2.29. The Morgan fingerprint density at radius 3 is 2.53 bits per heavy atom. The Labute approximate surface area is 95.1 Å². The first-order valence-corrected chi connectivity index (χ1v) is 5.34. The molecule has 0 bridgehead atoms. The van der Waals surface area contributed by atoms with Gasteiger partial charge in [-0.2, -0.15) is 5.26 Å². The minimum absolute atomic E-state index is 0.386. The highest BCUT2D eigenvalue weighted by atomic mass is 35.5. The molecular weight excluding hydrogens is 208 g/mol. The number of halogens is 1. The molecule has 0 aliphatic carbocycles. The molecule has 0 saturated carbocycles. The fourth-order valence-electron chi connectivity index (χ4n) is 1.99. The van der Waals surface area contributed by atoms with Crippen molar-refractivity contribution in [3.8, 4) is 6.07 Å². The number of anilines is 1. The van der Waals surface area contributed by atoms with Crippen molar-refractivity contribution in [2.75, 3.05) is 18.0 Å². The molecule has 15 heavy (non-hydrogen) atoms. The highest BCUT2D eigenvalue weighted by Gasteiger charge is 2.34. The third-order valence-corrected chi connectivity index (χ3v) is 2.96. The average molecular weight is 221 g/mol. The maximum Gasteiger partial charge on any atom is 0.0992 e. The predicted octanol–water partition coefficient (Wildman–Crippen LogP) is 3.06. The summed E-state index contributed by atoms with van der Waals surface area (Å²) in [7, 11) is 0. The summed E-state index contributed by atoms with van der Waals surface area (Å²) in [6.45, 7) is 6.53. The average Bonchev–Trinajstić information content (AvgIpc) is 2.14. The van der Waals surface area contributed by atoms with Gasteiger partial charge in [-0.05, 0) is 23.6 Å². The van der Waals surface area contributed by atoms with Crippen LogP contribution in [0.1, 0.15) is 19.4 Å². The molecule has 1 aliphatic rings. The Hall–Kier alpha value is -1.20. The minimum Gasteiger partial charge on any atom is -0.369 e. The summed E-state index contributed by atoms with van der Waals surface area (Å²) < 4.78 is 0.